The lowest BCUT2D eigenvalue weighted by atomic mass is 9.63. The fourth-order valence-corrected chi connectivity index (χ4v) is 8.14. The summed E-state index contributed by atoms with van der Waals surface area (Å²) in [5.41, 5.74) is 2.85. The summed E-state index contributed by atoms with van der Waals surface area (Å²) in [4.78, 5) is 23.6. The molecule has 0 radical (unpaired) electrons. The van der Waals surface area contributed by atoms with E-state index in [9.17, 15) is 9.90 Å². The molecule has 2 aromatic carbocycles. The summed E-state index contributed by atoms with van der Waals surface area (Å²) in [6.45, 7) is 8.65. The Hall–Kier alpha value is -2.20. The van der Waals surface area contributed by atoms with E-state index in [4.69, 9.17) is 35.4 Å². The van der Waals surface area contributed by atoms with Gasteiger partial charge in [-0.05, 0) is 106 Å². The molecule has 5 aliphatic rings. The fraction of sp³-hybridized carbons (Fsp3) is 0.559. The van der Waals surface area contributed by atoms with E-state index in [1.54, 1.807) is 13.2 Å². The van der Waals surface area contributed by atoms with Gasteiger partial charge in [0.05, 0.1) is 22.8 Å². The molecule has 3 aliphatic heterocycles. The Morgan fingerprint density at radius 3 is 2.14 bits per heavy atom. The smallest absolute Gasteiger partial charge is 0.478 e. The van der Waals surface area contributed by atoms with Crippen molar-refractivity contribution in [3.8, 4) is 11.1 Å². The van der Waals surface area contributed by atoms with Crippen LogP contribution < -0.4 is 5.46 Å². The number of benzene rings is 2. The second-order valence-corrected chi connectivity index (χ2v) is 14.3. The van der Waals surface area contributed by atoms with Gasteiger partial charge in [0.25, 0.3) is 0 Å². The standard InChI is InChI=1S/C34H42BClO7/c1-32(2)33(3,4)42-35(41-32)27-10-6-25(7-11-27)30-26(9-13-29(37)38)8-12-28(31(30)36)34(39-5)19-23-15-21-14-22(16-23)18-24(17-21)20-40-43-34/h6-13,21-24H,14-20H2,1-5H3,(H,37,38)/b13-9+. The molecule has 3 heterocycles. The number of ether oxygens (including phenoxy) is 1. The van der Waals surface area contributed by atoms with E-state index in [0.29, 0.717) is 46.6 Å². The summed E-state index contributed by atoms with van der Waals surface area (Å²) < 4.78 is 18.7. The van der Waals surface area contributed by atoms with Crippen LogP contribution in [0.15, 0.2) is 42.5 Å². The lowest BCUT2D eigenvalue weighted by molar-refractivity contribution is -0.443. The van der Waals surface area contributed by atoms with Gasteiger partial charge in [-0.15, -0.1) is 0 Å². The van der Waals surface area contributed by atoms with Gasteiger partial charge in [0.15, 0.2) is 0 Å². The molecule has 2 saturated carbocycles. The average Bonchev–Trinajstić information content (AvgIpc) is 3.17. The van der Waals surface area contributed by atoms with Crippen molar-refractivity contribution in [3.63, 3.8) is 0 Å². The number of methoxy groups -OCH3 is 1. The van der Waals surface area contributed by atoms with Crippen LogP contribution in [-0.4, -0.2) is 43.1 Å². The minimum atomic E-state index is -1.19. The molecule has 1 N–H and O–H groups in total. The minimum Gasteiger partial charge on any atom is -0.478 e. The van der Waals surface area contributed by atoms with Gasteiger partial charge in [0.2, 0.25) is 5.79 Å². The minimum absolute atomic E-state index is 0.427. The number of halogens is 1. The monoisotopic (exact) mass is 608 g/mol. The Balaban J connectivity index is 1.39. The van der Waals surface area contributed by atoms with Gasteiger partial charge in [-0.2, -0.15) is 4.89 Å². The molecule has 4 bridgehead atoms. The quantitative estimate of drug-likeness (QED) is 0.215. The van der Waals surface area contributed by atoms with Gasteiger partial charge >= 0.3 is 13.1 Å². The maximum absolute atomic E-state index is 11.5. The molecule has 3 saturated heterocycles. The first-order valence-electron chi connectivity index (χ1n) is 15.5. The van der Waals surface area contributed by atoms with Crippen LogP contribution in [-0.2, 0) is 34.4 Å². The Labute approximate surface area is 259 Å². The molecule has 0 spiro atoms. The van der Waals surface area contributed by atoms with E-state index in [1.807, 2.05) is 64.1 Å². The predicted molar refractivity (Wildman–Crippen MR) is 167 cm³/mol. The molecule has 0 amide bonds. The summed E-state index contributed by atoms with van der Waals surface area (Å²) in [6, 6.07) is 11.6. The lowest BCUT2D eigenvalue weighted by Crippen LogP contribution is -2.41. The van der Waals surface area contributed by atoms with Gasteiger partial charge in [0.1, 0.15) is 0 Å². The number of hydrogen-bond donors (Lipinski definition) is 1. The maximum atomic E-state index is 11.5. The van der Waals surface area contributed by atoms with Crippen molar-refractivity contribution < 1.29 is 33.7 Å². The van der Waals surface area contributed by atoms with Crippen molar-refractivity contribution in [3.05, 3.63) is 58.6 Å². The number of hydrogen-bond acceptors (Lipinski definition) is 6. The Kier molecular flexibility index (Phi) is 8.33. The van der Waals surface area contributed by atoms with Crippen molar-refractivity contribution in [2.75, 3.05) is 13.7 Å². The summed E-state index contributed by atoms with van der Waals surface area (Å²) in [7, 11) is 1.15. The zero-order chi connectivity index (χ0) is 30.6. The molecule has 7 nitrogen and oxygen atoms in total. The maximum Gasteiger partial charge on any atom is 0.494 e. The van der Waals surface area contributed by atoms with Gasteiger partial charge in [-0.3, -0.25) is 0 Å². The van der Waals surface area contributed by atoms with Crippen molar-refractivity contribution in [1.82, 2.24) is 0 Å². The highest BCUT2D eigenvalue weighted by atomic mass is 35.5. The number of carbonyl (C=O) groups is 1. The summed E-state index contributed by atoms with van der Waals surface area (Å²) >= 11 is 7.30. The first-order chi connectivity index (χ1) is 20.4. The normalized spacial score (nSPS) is 31.5. The Bertz CT molecular complexity index is 1360. The van der Waals surface area contributed by atoms with E-state index in [1.165, 1.54) is 19.3 Å². The van der Waals surface area contributed by atoms with E-state index >= 15 is 0 Å². The van der Waals surface area contributed by atoms with Gasteiger partial charge in [0, 0.05) is 30.7 Å². The van der Waals surface area contributed by atoms with E-state index in [-0.39, 0.29) is 0 Å². The SMILES string of the molecule is COC1(c2ccc(/C=C/C(=O)O)c(-c3ccc(B4OC(C)(C)C(C)(C)O4)cc3)c2Cl)CC2CC3CC(COO1)CC(C3)C2. The molecule has 3 unspecified atom stereocenters. The molecule has 7 rings (SSSR count). The second kappa shape index (κ2) is 11.6. The van der Waals surface area contributed by atoms with Crippen LogP contribution in [0.1, 0.15) is 77.3 Å². The predicted octanol–water partition coefficient (Wildman–Crippen LogP) is 7.00. The number of carboxylic acids is 1. The summed E-state index contributed by atoms with van der Waals surface area (Å²) in [5, 5.41) is 9.84. The van der Waals surface area contributed by atoms with E-state index in [0.717, 1.165) is 41.8 Å². The molecule has 5 fully saturated rings. The van der Waals surface area contributed by atoms with Crippen LogP contribution in [0.25, 0.3) is 17.2 Å². The third kappa shape index (κ3) is 5.95. The van der Waals surface area contributed by atoms with Crippen molar-refractivity contribution in [2.45, 2.75) is 83.2 Å². The topological polar surface area (TPSA) is 83.5 Å². The first-order valence-corrected chi connectivity index (χ1v) is 15.8. The highest BCUT2D eigenvalue weighted by molar-refractivity contribution is 6.62. The molecule has 9 heteroatoms. The fourth-order valence-electron chi connectivity index (χ4n) is 7.72. The largest absolute Gasteiger partial charge is 0.494 e. The molecule has 43 heavy (non-hydrogen) atoms. The molecular weight excluding hydrogens is 567 g/mol. The summed E-state index contributed by atoms with van der Waals surface area (Å²) in [6.07, 6.45) is 9.35. The molecular formula is C34H42BClO7. The Morgan fingerprint density at radius 2 is 1.53 bits per heavy atom. The second-order valence-electron chi connectivity index (χ2n) is 13.9. The number of carboxylic acid groups (broad SMARTS) is 1. The van der Waals surface area contributed by atoms with Gasteiger partial charge in [-0.1, -0.05) is 48.0 Å². The van der Waals surface area contributed by atoms with Crippen molar-refractivity contribution >= 4 is 36.2 Å². The average molecular weight is 609 g/mol. The van der Waals surface area contributed by atoms with Gasteiger partial charge < -0.3 is 19.2 Å². The molecule has 2 aromatic rings. The van der Waals surface area contributed by atoms with Crippen LogP contribution in [0.4, 0.5) is 0 Å². The zero-order valence-electron chi connectivity index (χ0n) is 25.7. The lowest BCUT2D eigenvalue weighted by Gasteiger charge is -2.46. The first kappa shape index (κ1) is 30.8. The molecule has 2 aliphatic carbocycles. The number of aliphatic carboxylic acids is 1. The highest BCUT2D eigenvalue weighted by Crippen LogP contribution is 2.51. The van der Waals surface area contributed by atoms with Crippen LogP contribution in [0, 0.1) is 23.7 Å². The highest BCUT2D eigenvalue weighted by Gasteiger charge is 2.52. The third-order valence-electron chi connectivity index (χ3n) is 10.4. The number of fused-ring (bicyclic) bond motifs is 4. The van der Waals surface area contributed by atoms with E-state index in [2.05, 4.69) is 0 Å². The molecule has 3 atom stereocenters. The van der Waals surface area contributed by atoms with Gasteiger partial charge in [-0.25, -0.2) is 9.68 Å². The third-order valence-corrected chi connectivity index (χ3v) is 10.8. The number of rotatable bonds is 6. The van der Waals surface area contributed by atoms with Crippen molar-refractivity contribution in [2.24, 2.45) is 23.7 Å². The van der Waals surface area contributed by atoms with Crippen molar-refractivity contribution in [1.29, 1.82) is 0 Å². The van der Waals surface area contributed by atoms with Crippen LogP contribution in [0.5, 0.6) is 0 Å². The molecule has 230 valence electrons. The van der Waals surface area contributed by atoms with E-state index < -0.39 is 30.1 Å². The Morgan fingerprint density at radius 1 is 0.930 bits per heavy atom. The van der Waals surface area contributed by atoms with Crippen LogP contribution in [0.2, 0.25) is 5.02 Å². The zero-order valence-corrected chi connectivity index (χ0v) is 26.5. The summed E-state index contributed by atoms with van der Waals surface area (Å²) in [5.74, 6) is 0.127. The van der Waals surface area contributed by atoms with Crippen LogP contribution in [0.3, 0.4) is 0 Å². The van der Waals surface area contributed by atoms with Crippen LogP contribution >= 0.6 is 11.6 Å². The molecule has 0 aromatic heterocycles.